The van der Waals surface area contributed by atoms with Crippen LogP contribution in [0.5, 0.6) is 0 Å². The molecular weight excluding hydrogens is 132 g/mol. The van der Waals surface area contributed by atoms with E-state index in [0.29, 0.717) is 0 Å². The maximum absolute atomic E-state index is 10.9. The van der Waals surface area contributed by atoms with Crippen molar-refractivity contribution in [3.63, 3.8) is 0 Å². The fourth-order valence-corrected chi connectivity index (χ4v) is 0.726. The lowest BCUT2D eigenvalue weighted by Gasteiger charge is -2.18. The van der Waals surface area contributed by atoms with E-state index in [4.69, 9.17) is 0 Å². The molecule has 54 valence electrons. The molecule has 0 fully saturated rings. The Bertz CT molecular complexity index is 210. The summed E-state index contributed by atoms with van der Waals surface area (Å²) in [6.07, 6.45) is 1.37. The molecule has 4 heteroatoms. The summed E-state index contributed by atoms with van der Waals surface area (Å²) in [4.78, 5) is 26.1. The van der Waals surface area contributed by atoms with Crippen LogP contribution in [0.3, 0.4) is 0 Å². The lowest BCUT2D eigenvalue weighted by atomic mass is 10.1. The third-order valence-corrected chi connectivity index (χ3v) is 1.42. The molecular formula is C6H8N2O2. The predicted molar refractivity (Wildman–Crippen MR) is 35.8 cm³/mol. The summed E-state index contributed by atoms with van der Waals surface area (Å²) >= 11 is 0. The quantitative estimate of drug-likeness (QED) is 0.485. The molecule has 0 aromatic carbocycles. The highest BCUT2D eigenvalue weighted by Crippen LogP contribution is 2.05. The first-order chi connectivity index (χ1) is 4.63. The smallest absolute Gasteiger partial charge is 0.274 e. The average Bonchev–Trinajstić information content (AvgIpc) is 1.93. The van der Waals surface area contributed by atoms with Crippen molar-refractivity contribution in [3.05, 3.63) is 0 Å². The Kier molecular flexibility index (Phi) is 1.53. The molecule has 1 atom stereocenters. The molecule has 0 saturated heterocycles. The van der Waals surface area contributed by atoms with Gasteiger partial charge in [-0.2, -0.15) is 0 Å². The average molecular weight is 140 g/mol. The highest BCUT2D eigenvalue weighted by molar-refractivity contribution is 6.08. The first kappa shape index (κ1) is 6.92. The molecule has 0 spiro atoms. The van der Waals surface area contributed by atoms with Gasteiger partial charge in [0, 0.05) is 13.3 Å². The maximum atomic E-state index is 10.9. The molecule has 10 heavy (non-hydrogen) atoms. The second-order valence-corrected chi connectivity index (χ2v) is 2.25. The van der Waals surface area contributed by atoms with Crippen LogP contribution >= 0.6 is 0 Å². The Morgan fingerprint density at radius 3 is 2.70 bits per heavy atom. The molecule has 0 aromatic rings. The molecule has 1 rings (SSSR count). The minimum absolute atomic E-state index is 0.194. The molecule has 0 aromatic heterocycles. The number of hydrogen-bond acceptors (Lipinski definition) is 2. The number of imide groups is 1. The number of carbonyl (C=O) groups is 2. The summed E-state index contributed by atoms with van der Waals surface area (Å²) in [5.41, 5.74) is 0. The van der Waals surface area contributed by atoms with Gasteiger partial charge in [0.1, 0.15) is 0 Å². The van der Waals surface area contributed by atoms with E-state index in [2.05, 4.69) is 4.99 Å². The number of carbonyl (C=O) groups excluding carboxylic acids is 2. The Hall–Kier alpha value is -1.19. The number of amides is 3. The molecule has 0 aliphatic carbocycles. The van der Waals surface area contributed by atoms with Crippen molar-refractivity contribution >= 4 is 18.2 Å². The zero-order valence-electron chi connectivity index (χ0n) is 5.87. The largest absolute Gasteiger partial charge is 0.349 e. The monoisotopic (exact) mass is 140 g/mol. The van der Waals surface area contributed by atoms with Gasteiger partial charge in [-0.15, -0.1) is 0 Å². The van der Waals surface area contributed by atoms with Gasteiger partial charge in [-0.3, -0.25) is 9.69 Å². The van der Waals surface area contributed by atoms with E-state index < -0.39 is 6.03 Å². The van der Waals surface area contributed by atoms with Crippen LogP contribution in [0.2, 0.25) is 0 Å². The van der Waals surface area contributed by atoms with Gasteiger partial charge in [-0.1, -0.05) is 0 Å². The van der Waals surface area contributed by atoms with E-state index in [-0.39, 0.29) is 11.8 Å². The first-order valence-electron chi connectivity index (χ1n) is 2.98. The second-order valence-electron chi connectivity index (χ2n) is 2.25. The lowest BCUT2D eigenvalue weighted by molar-refractivity contribution is -0.128. The fraction of sp³-hybridized carbons (Fsp3) is 0.500. The summed E-state index contributed by atoms with van der Waals surface area (Å²) in [7, 11) is 1.43. The molecule has 0 saturated carbocycles. The topological polar surface area (TPSA) is 49.7 Å². The van der Waals surface area contributed by atoms with E-state index in [1.165, 1.54) is 13.3 Å². The zero-order valence-corrected chi connectivity index (χ0v) is 5.87. The summed E-state index contributed by atoms with van der Waals surface area (Å²) < 4.78 is 0. The van der Waals surface area contributed by atoms with Crippen LogP contribution in [-0.2, 0) is 4.79 Å². The number of aliphatic imine (C=N–C) groups is 1. The van der Waals surface area contributed by atoms with E-state index >= 15 is 0 Å². The number of rotatable bonds is 0. The van der Waals surface area contributed by atoms with E-state index in [1.807, 2.05) is 0 Å². The SMILES string of the molecule is CC1C=NC(=O)N(C)C1=O. The predicted octanol–water partition coefficient (Wildman–Crippen LogP) is 0.285. The highest BCUT2D eigenvalue weighted by atomic mass is 16.2. The van der Waals surface area contributed by atoms with Crippen molar-refractivity contribution in [1.82, 2.24) is 4.90 Å². The van der Waals surface area contributed by atoms with Crippen LogP contribution in [0.4, 0.5) is 4.79 Å². The summed E-state index contributed by atoms with van der Waals surface area (Å²) in [5, 5.41) is 0. The summed E-state index contributed by atoms with van der Waals surface area (Å²) in [5.74, 6) is -0.456. The number of urea groups is 1. The summed E-state index contributed by atoms with van der Waals surface area (Å²) in [6, 6.07) is -0.483. The zero-order chi connectivity index (χ0) is 7.72. The van der Waals surface area contributed by atoms with E-state index in [1.54, 1.807) is 6.92 Å². The van der Waals surface area contributed by atoms with Gasteiger partial charge in [0.15, 0.2) is 0 Å². The molecule has 0 bridgehead atoms. The van der Waals surface area contributed by atoms with E-state index in [9.17, 15) is 9.59 Å². The first-order valence-corrected chi connectivity index (χ1v) is 2.98. The van der Waals surface area contributed by atoms with Gasteiger partial charge < -0.3 is 0 Å². The molecule has 1 unspecified atom stereocenters. The lowest BCUT2D eigenvalue weighted by Crippen LogP contribution is -2.39. The fourth-order valence-electron chi connectivity index (χ4n) is 0.726. The molecule has 1 aliphatic heterocycles. The molecule has 0 radical (unpaired) electrons. The third kappa shape index (κ3) is 0.920. The molecule has 3 amide bonds. The van der Waals surface area contributed by atoms with Crippen molar-refractivity contribution in [2.24, 2.45) is 10.9 Å². The number of hydrogen-bond donors (Lipinski definition) is 0. The summed E-state index contributed by atoms with van der Waals surface area (Å²) in [6.45, 7) is 1.70. The van der Waals surface area contributed by atoms with Crippen molar-refractivity contribution in [1.29, 1.82) is 0 Å². The van der Waals surface area contributed by atoms with Crippen molar-refractivity contribution in [2.75, 3.05) is 7.05 Å². The van der Waals surface area contributed by atoms with Gasteiger partial charge >= 0.3 is 6.03 Å². The van der Waals surface area contributed by atoms with Gasteiger partial charge in [0.2, 0.25) is 5.91 Å². The van der Waals surface area contributed by atoms with Crippen LogP contribution in [0.25, 0.3) is 0 Å². The standard InChI is InChI=1S/C6H8N2O2/c1-4-3-7-6(10)8(2)5(4)9/h3-4H,1-2H3. The van der Waals surface area contributed by atoms with Crippen molar-refractivity contribution in [2.45, 2.75) is 6.92 Å². The Morgan fingerprint density at radius 2 is 2.20 bits per heavy atom. The Balaban J connectivity index is 2.89. The third-order valence-electron chi connectivity index (χ3n) is 1.42. The molecule has 4 nitrogen and oxygen atoms in total. The minimum Gasteiger partial charge on any atom is -0.274 e. The minimum atomic E-state index is -0.483. The van der Waals surface area contributed by atoms with Crippen LogP contribution < -0.4 is 0 Å². The normalized spacial score (nSPS) is 25.8. The van der Waals surface area contributed by atoms with Crippen LogP contribution in [0.1, 0.15) is 6.92 Å². The van der Waals surface area contributed by atoms with Crippen molar-refractivity contribution in [3.8, 4) is 0 Å². The van der Waals surface area contributed by atoms with Gasteiger partial charge in [-0.05, 0) is 6.92 Å². The van der Waals surface area contributed by atoms with Crippen LogP contribution in [-0.4, -0.2) is 30.1 Å². The van der Waals surface area contributed by atoms with Gasteiger partial charge in [-0.25, -0.2) is 9.79 Å². The second kappa shape index (κ2) is 2.21. The molecule has 1 aliphatic rings. The van der Waals surface area contributed by atoms with Gasteiger partial charge in [0.25, 0.3) is 0 Å². The maximum Gasteiger partial charge on any atom is 0.349 e. The highest BCUT2D eigenvalue weighted by Gasteiger charge is 2.24. The van der Waals surface area contributed by atoms with Crippen LogP contribution in [0.15, 0.2) is 4.99 Å². The van der Waals surface area contributed by atoms with Crippen molar-refractivity contribution < 1.29 is 9.59 Å². The molecule has 0 N–H and O–H groups in total. The molecule has 1 heterocycles. The van der Waals surface area contributed by atoms with Gasteiger partial charge in [0.05, 0.1) is 5.92 Å². The van der Waals surface area contributed by atoms with E-state index in [0.717, 1.165) is 4.90 Å². The Morgan fingerprint density at radius 1 is 1.60 bits per heavy atom. The van der Waals surface area contributed by atoms with Crippen LogP contribution in [0, 0.1) is 5.92 Å². The number of nitrogens with zero attached hydrogens (tertiary/aromatic N) is 2. The Labute approximate surface area is 58.5 Å².